The molecule has 0 saturated heterocycles. The minimum Gasteiger partial charge on any atom is -0.468 e. The molecule has 0 atom stereocenters. The summed E-state index contributed by atoms with van der Waals surface area (Å²) in [6.07, 6.45) is 1.55. The Balaban J connectivity index is 2.16. The van der Waals surface area contributed by atoms with Crippen LogP contribution in [-0.2, 0) is 23.1 Å². The molecule has 0 aliphatic rings. The quantitative estimate of drug-likeness (QED) is 0.809. The molecule has 5 nitrogen and oxygen atoms in total. The topological polar surface area (TPSA) is 62.6 Å². The zero-order chi connectivity index (χ0) is 15.3. The van der Waals surface area contributed by atoms with Crippen molar-refractivity contribution in [2.45, 2.75) is 31.8 Å². The lowest BCUT2D eigenvalue weighted by molar-refractivity contribution is 0.375. The SMILES string of the molecule is CCNCc1cc(S(=O)(=O)N(CC)Cc2ccco2)cs1. The van der Waals surface area contributed by atoms with Gasteiger partial charge in [-0.1, -0.05) is 13.8 Å². The lowest BCUT2D eigenvalue weighted by Crippen LogP contribution is -2.30. The highest BCUT2D eigenvalue weighted by molar-refractivity contribution is 7.89. The maximum atomic E-state index is 12.6. The van der Waals surface area contributed by atoms with E-state index in [1.54, 1.807) is 29.8 Å². The second-order valence-corrected chi connectivity index (χ2v) is 7.47. The average molecular weight is 328 g/mol. The van der Waals surface area contributed by atoms with Crippen LogP contribution < -0.4 is 5.32 Å². The Morgan fingerprint density at radius 2 is 2.19 bits per heavy atom. The number of furan rings is 1. The van der Waals surface area contributed by atoms with Gasteiger partial charge in [0.15, 0.2) is 0 Å². The zero-order valence-corrected chi connectivity index (χ0v) is 13.8. The van der Waals surface area contributed by atoms with Crippen LogP contribution >= 0.6 is 11.3 Å². The molecule has 2 aromatic rings. The van der Waals surface area contributed by atoms with Gasteiger partial charge in [0.05, 0.1) is 17.7 Å². The first-order valence-corrected chi connectivity index (χ1v) is 9.20. The summed E-state index contributed by atoms with van der Waals surface area (Å²) >= 11 is 1.46. The molecule has 0 saturated carbocycles. The summed E-state index contributed by atoms with van der Waals surface area (Å²) in [6, 6.07) is 5.28. The summed E-state index contributed by atoms with van der Waals surface area (Å²) in [5, 5.41) is 4.90. The van der Waals surface area contributed by atoms with Crippen LogP contribution in [0.15, 0.2) is 39.2 Å². The van der Waals surface area contributed by atoms with Gasteiger partial charge in [0.2, 0.25) is 10.0 Å². The van der Waals surface area contributed by atoms with Crippen molar-refractivity contribution in [2.24, 2.45) is 0 Å². The third kappa shape index (κ3) is 3.94. The average Bonchev–Trinajstić information content (AvgIpc) is 3.13. The van der Waals surface area contributed by atoms with Gasteiger partial charge >= 0.3 is 0 Å². The number of nitrogens with one attached hydrogen (secondary N) is 1. The van der Waals surface area contributed by atoms with E-state index in [1.165, 1.54) is 15.6 Å². The molecule has 116 valence electrons. The number of hydrogen-bond donors (Lipinski definition) is 1. The van der Waals surface area contributed by atoms with Gasteiger partial charge in [-0.25, -0.2) is 8.42 Å². The highest BCUT2D eigenvalue weighted by Gasteiger charge is 2.25. The third-order valence-electron chi connectivity index (χ3n) is 3.08. The molecular formula is C14H20N2O3S2. The first-order valence-electron chi connectivity index (χ1n) is 6.88. The predicted octanol–water partition coefficient (Wildman–Crippen LogP) is 2.66. The van der Waals surface area contributed by atoms with E-state index in [0.29, 0.717) is 23.7 Å². The predicted molar refractivity (Wildman–Crippen MR) is 83.7 cm³/mol. The molecule has 0 bridgehead atoms. The molecule has 1 N–H and O–H groups in total. The van der Waals surface area contributed by atoms with Crippen molar-refractivity contribution in [1.29, 1.82) is 0 Å². The maximum absolute atomic E-state index is 12.6. The highest BCUT2D eigenvalue weighted by atomic mass is 32.2. The summed E-state index contributed by atoms with van der Waals surface area (Å²) in [6.45, 7) is 6.06. The molecule has 21 heavy (non-hydrogen) atoms. The Morgan fingerprint density at radius 1 is 1.38 bits per heavy atom. The van der Waals surface area contributed by atoms with Gasteiger partial charge in [0, 0.05) is 23.3 Å². The van der Waals surface area contributed by atoms with Crippen LogP contribution in [0, 0.1) is 0 Å². The number of rotatable bonds is 8. The van der Waals surface area contributed by atoms with Gasteiger partial charge in [-0.05, 0) is 24.7 Å². The summed E-state index contributed by atoms with van der Waals surface area (Å²) in [5.74, 6) is 0.642. The fourth-order valence-corrected chi connectivity index (χ4v) is 4.58. The first kappa shape index (κ1) is 16.2. The molecular weight excluding hydrogens is 308 g/mol. The second kappa shape index (κ2) is 7.22. The van der Waals surface area contributed by atoms with E-state index in [2.05, 4.69) is 5.32 Å². The minimum atomic E-state index is -3.48. The van der Waals surface area contributed by atoms with Crippen LogP contribution in [0.2, 0.25) is 0 Å². The molecule has 0 unspecified atom stereocenters. The van der Waals surface area contributed by atoms with Gasteiger partial charge < -0.3 is 9.73 Å². The molecule has 0 aliphatic carbocycles. The molecule has 0 fully saturated rings. The summed E-state index contributed by atoms with van der Waals surface area (Å²) in [7, 11) is -3.48. The Morgan fingerprint density at radius 3 is 2.81 bits per heavy atom. The maximum Gasteiger partial charge on any atom is 0.244 e. The molecule has 0 amide bonds. The van der Waals surface area contributed by atoms with Crippen molar-refractivity contribution in [3.63, 3.8) is 0 Å². The van der Waals surface area contributed by atoms with E-state index in [1.807, 2.05) is 13.8 Å². The van der Waals surface area contributed by atoms with E-state index < -0.39 is 10.0 Å². The number of hydrogen-bond acceptors (Lipinski definition) is 5. The number of sulfonamides is 1. The second-order valence-electron chi connectivity index (χ2n) is 4.54. The van der Waals surface area contributed by atoms with E-state index in [-0.39, 0.29) is 6.54 Å². The molecule has 0 radical (unpaired) electrons. The van der Waals surface area contributed by atoms with Crippen molar-refractivity contribution >= 4 is 21.4 Å². The van der Waals surface area contributed by atoms with Gasteiger partial charge in [0.25, 0.3) is 0 Å². The van der Waals surface area contributed by atoms with Crippen molar-refractivity contribution in [2.75, 3.05) is 13.1 Å². The van der Waals surface area contributed by atoms with E-state index >= 15 is 0 Å². The Bertz CT molecular complexity index is 648. The lowest BCUT2D eigenvalue weighted by atomic mass is 10.4. The van der Waals surface area contributed by atoms with Gasteiger partial charge in [-0.3, -0.25) is 0 Å². The Kier molecular flexibility index (Phi) is 5.58. The smallest absolute Gasteiger partial charge is 0.244 e. The zero-order valence-electron chi connectivity index (χ0n) is 12.2. The van der Waals surface area contributed by atoms with Crippen molar-refractivity contribution in [1.82, 2.24) is 9.62 Å². The third-order valence-corrected chi connectivity index (χ3v) is 6.07. The normalized spacial score (nSPS) is 12.1. The molecule has 0 aromatic carbocycles. The fourth-order valence-electron chi connectivity index (χ4n) is 1.93. The van der Waals surface area contributed by atoms with Crippen molar-refractivity contribution in [3.05, 3.63) is 40.5 Å². The highest BCUT2D eigenvalue weighted by Crippen LogP contribution is 2.24. The van der Waals surface area contributed by atoms with Gasteiger partial charge in [-0.15, -0.1) is 11.3 Å². The first-order chi connectivity index (χ1) is 10.1. The van der Waals surface area contributed by atoms with Crippen molar-refractivity contribution in [3.8, 4) is 0 Å². The van der Waals surface area contributed by atoms with E-state index in [9.17, 15) is 8.42 Å². The van der Waals surface area contributed by atoms with Crippen molar-refractivity contribution < 1.29 is 12.8 Å². The number of nitrogens with zero attached hydrogens (tertiary/aromatic N) is 1. The number of thiophene rings is 1. The Labute approximate surface area is 129 Å². The van der Waals surface area contributed by atoms with Crippen LogP contribution in [-0.4, -0.2) is 25.8 Å². The largest absolute Gasteiger partial charge is 0.468 e. The van der Waals surface area contributed by atoms with Crippen LogP contribution in [0.1, 0.15) is 24.5 Å². The molecule has 2 rings (SSSR count). The molecule has 0 aliphatic heterocycles. The molecule has 0 spiro atoms. The fraction of sp³-hybridized carbons (Fsp3) is 0.429. The Hall–Kier alpha value is -1.15. The minimum absolute atomic E-state index is 0.254. The summed E-state index contributed by atoms with van der Waals surface area (Å²) in [5.41, 5.74) is 0. The molecule has 7 heteroatoms. The standard InChI is InChI=1S/C14H20N2O3S2/c1-3-15-9-13-8-14(11-20-13)21(17,18)16(4-2)10-12-6-5-7-19-12/h5-8,11,15H,3-4,9-10H2,1-2H3. The van der Waals surface area contributed by atoms with E-state index in [0.717, 1.165) is 11.4 Å². The van der Waals surface area contributed by atoms with Gasteiger partial charge in [0.1, 0.15) is 5.76 Å². The monoisotopic (exact) mass is 328 g/mol. The lowest BCUT2D eigenvalue weighted by Gasteiger charge is -2.18. The summed E-state index contributed by atoms with van der Waals surface area (Å²) in [4.78, 5) is 1.37. The summed E-state index contributed by atoms with van der Waals surface area (Å²) < 4.78 is 32.0. The molecule has 2 heterocycles. The van der Waals surface area contributed by atoms with Crippen LogP contribution in [0.5, 0.6) is 0 Å². The van der Waals surface area contributed by atoms with Crippen LogP contribution in [0.25, 0.3) is 0 Å². The van der Waals surface area contributed by atoms with Crippen LogP contribution in [0.4, 0.5) is 0 Å². The van der Waals surface area contributed by atoms with Gasteiger partial charge in [-0.2, -0.15) is 4.31 Å². The van der Waals surface area contributed by atoms with Crippen LogP contribution in [0.3, 0.4) is 0 Å². The van der Waals surface area contributed by atoms with E-state index in [4.69, 9.17) is 4.42 Å². The molecule has 2 aromatic heterocycles.